The number of carbonyl (C=O) groups excluding carboxylic acids is 1. The van der Waals surface area contributed by atoms with E-state index in [-0.39, 0.29) is 42.1 Å². The van der Waals surface area contributed by atoms with Gasteiger partial charge in [-0.2, -0.15) is 0 Å². The maximum Gasteiger partial charge on any atom is 1.00 e. The average molecular weight is 320 g/mol. The molecule has 4 heteroatoms. The summed E-state index contributed by atoms with van der Waals surface area (Å²) in [6.45, 7) is 2.23. The molecule has 0 aromatic heterocycles. The summed E-state index contributed by atoms with van der Waals surface area (Å²) in [4.78, 5) is 10.2. The summed E-state index contributed by atoms with van der Waals surface area (Å²) in [6, 6.07) is 0. The molecule has 3 nitrogen and oxygen atoms in total. The summed E-state index contributed by atoms with van der Waals surface area (Å²) in [5.74, 6) is -1.02. The van der Waals surface area contributed by atoms with Gasteiger partial charge in [0.05, 0.1) is 6.10 Å². The molecule has 1 unspecified atom stereocenters. The molecule has 22 heavy (non-hydrogen) atoms. The number of carboxylic acid groups (broad SMARTS) is 1. The van der Waals surface area contributed by atoms with Gasteiger partial charge in [0, 0.05) is 5.97 Å². The Kier molecular flexibility index (Phi) is 21.3. The Balaban J connectivity index is 0. The van der Waals surface area contributed by atoms with Gasteiger partial charge >= 0.3 is 29.6 Å². The largest absolute Gasteiger partial charge is 1.00 e. The maximum atomic E-state index is 10.2. The molecule has 124 valence electrons. The summed E-state index contributed by atoms with van der Waals surface area (Å²) in [6.07, 6.45) is 17.1. The predicted molar refractivity (Wildman–Crippen MR) is 85.8 cm³/mol. The van der Waals surface area contributed by atoms with Gasteiger partial charge in [-0.25, -0.2) is 0 Å². The third kappa shape index (κ3) is 20.2. The van der Waals surface area contributed by atoms with E-state index in [0.29, 0.717) is 12.8 Å². The Labute approximate surface area is 158 Å². The van der Waals surface area contributed by atoms with Crippen molar-refractivity contribution in [1.82, 2.24) is 0 Å². The van der Waals surface area contributed by atoms with E-state index in [1.807, 2.05) is 0 Å². The van der Waals surface area contributed by atoms with Crippen molar-refractivity contribution in [3.8, 4) is 0 Å². The van der Waals surface area contributed by atoms with E-state index >= 15 is 0 Å². The van der Waals surface area contributed by atoms with Gasteiger partial charge in [-0.1, -0.05) is 51.2 Å². The van der Waals surface area contributed by atoms with Crippen LogP contribution in [0.4, 0.5) is 0 Å². The van der Waals surface area contributed by atoms with Crippen LogP contribution in [0.1, 0.15) is 90.4 Å². The van der Waals surface area contributed by atoms with Crippen molar-refractivity contribution < 1.29 is 44.6 Å². The first kappa shape index (κ1) is 24.4. The first-order chi connectivity index (χ1) is 10.2. The van der Waals surface area contributed by atoms with E-state index < -0.39 is 5.97 Å². The molecule has 0 amide bonds. The number of aliphatic hydroxyl groups excluding tert-OH is 1. The molecule has 0 heterocycles. The molecule has 0 aromatic rings. The number of aliphatic carboxylic acids is 1. The minimum atomic E-state index is -1.02. The molecule has 0 saturated carbocycles. The Morgan fingerprint density at radius 3 is 2.05 bits per heavy atom. The van der Waals surface area contributed by atoms with Crippen molar-refractivity contribution in [2.45, 2.75) is 96.5 Å². The van der Waals surface area contributed by atoms with Crippen molar-refractivity contribution >= 4 is 5.97 Å². The summed E-state index contributed by atoms with van der Waals surface area (Å²) in [5, 5.41) is 19.9. The first-order valence-electron chi connectivity index (χ1n) is 8.69. The van der Waals surface area contributed by atoms with Gasteiger partial charge in [0.1, 0.15) is 0 Å². The van der Waals surface area contributed by atoms with E-state index in [1.165, 1.54) is 38.5 Å². The van der Waals surface area contributed by atoms with Crippen LogP contribution >= 0.6 is 0 Å². The van der Waals surface area contributed by atoms with Crippen molar-refractivity contribution in [3.63, 3.8) is 0 Å². The number of hydrogen-bond donors (Lipinski definition) is 1. The van der Waals surface area contributed by atoms with E-state index in [1.54, 1.807) is 0 Å². The van der Waals surface area contributed by atoms with Crippen LogP contribution in [0.5, 0.6) is 0 Å². The number of carboxylic acids is 1. The van der Waals surface area contributed by atoms with Crippen molar-refractivity contribution in [2.24, 2.45) is 0 Å². The molecule has 0 fully saturated rings. The van der Waals surface area contributed by atoms with Crippen molar-refractivity contribution in [2.75, 3.05) is 0 Å². The molecular formula is C18H33NaO3. The molecule has 0 bridgehead atoms. The second-order valence-corrected chi connectivity index (χ2v) is 5.88. The topological polar surface area (TPSA) is 60.4 Å². The Morgan fingerprint density at radius 2 is 1.50 bits per heavy atom. The summed E-state index contributed by atoms with van der Waals surface area (Å²) >= 11 is 0. The van der Waals surface area contributed by atoms with Crippen LogP contribution < -0.4 is 34.7 Å². The normalized spacial score (nSPS) is 12.3. The zero-order valence-corrected chi connectivity index (χ0v) is 16.7. The first-order valence-corrected chi connectivity index (χ1v) is 8.69. The third-order valence-electron chi connectivity index (χ3n) is 3.72. The fraction of sp³-hybridized carbons (Fsp3) is 0.833. The number of rotatable bonds is 15. The quantitative estimate of drug-likeness (QED) is 0.275. The molecule has 0 aliphatic rings. The monoisotopic (exact) mass is 320 g/mol. The number of allylic oxidation sites excluding steroid dienone is 2. The fourth-order valence-electron chi connectivity index (χ4n) is 2.37. The van der Waals surface area contributed by atoms with Gasteiger partial charge in [-0.3, -0.25) is 0 Å². The summed E-state index contributed by atoms with van der Waals surface area (Å²) in [5.41, 5.74) is 0. The minimum absolute atomic E-state index is 0. The van der Waals surface area contributed by atoms with Gasteiger partial charge in [0.25, 0.3) is 0 Å². The van der Waals surface area contributed by atoms with E-state index in [4.69, 9.17) is 0 Å². The summed E-state index contributed by atoms with van der Waals surface area (Å²) < 4.78 is 0. The van der Waals surface area contributed by atoms with Gasteiger partial charge < -0.3 is 15.0 Å². The fourth-order valence-corrected chi connectivity index (χ4v) is 2.37. The molecule has 0 aromatic carbocycles. The molecule has 0 aliphatic carbocycles. The van der Waals surface area contributed by atoms with E-state index in [2.05, 4.69) is 19.1 Å². The van der Waals surface area contributed by atoms with Crippen LogP contribution in [-0.4, -0.2) is 17.2 Å². The Morgan fingerprint density at radius 1 is 0.955 bits per heavy atom. The molecule has 1 N–H and O–H groups in total. The predicted octanol–water partition coefficient (Wildman–Crippen LogP) is 0.749. The van der Waals surface area contributed by atoms with Gasteiger partial charge in [-0.15, -0.1) is 0 Å². The number of hydrogen-bond acceptors (Lipinski definition) is 3. The van der Waals surface area contributed by atoms with Crippen molar-refractivity contribution in [3.05, 3.63) is 12.2 Å². The Bertz CT molecular complexity index is 267. The van der Waals surface area contributed by atoms with Crippen LogP contribution in [0.2, 0.25) is 0 Å². The van der Waals surface area contributed by atoms with Crippen LogP contribution in [0.25, 0.3) is 0 Å². The zero-order valence-electron chi connectivity index (χ0n) is 14.7. The number of unbranched alkanes of at least 4 members (excludes halogenated alkanes) is 7. The smallest absolute Gasteiger partial charge is 0.550 e. The van der Waals surface area contributed by atoms with Crippen LogP contribution in [-0.2, 0) is 4.79 Å². The van der Waals surface area contributed by atoms with Crippen LogP contribution in [0.15, 0.2) is 12.2 Å². The SMILES string of the molecule is CCCCCC/C=C/CCCCCC(O)CCCC(=O)[O-].[Na+]. The standard InChI is InChI=1S/C18H34O3.Na/c1-2-3-4-5-6-7-8-9-10-11-12-14-17(19)15-13-16-18(20)21;/h7-8,17,19H,2-6,9-16H2,1H3,(H,20,21);/q;+1/p-1/b8-7+;. The van der Waals surface area contributed by atoms with Gasteiger partial charge in [0.2, 0.25) is 0 Å². The molecule has 0 saturated heterocycles. The number of carbonyl (C=O) groups is 1. The average Bonchev–Trinajstić information content (AvgIpc) is 2.44. The maximum absolute atomic E-state index is 10.2. The molecule has 0 rings (SSSR count). The summed E-state index contributed by atoms with van der Waals surface area (Å²) in [7, 11) is 0. The molecule has 0 spiro atoms. The number of aliphatic hydroxyl groups is 1. The second-order valence-electron chi connectivity index (χ2n) is 5.88. The van der Waals surface area contributed by atoms with Crippen LogP contribution in [0.3, 0.4) is 0 Å². The molecule has 0 aliphatic heterocycles. The molecule has 1 atom stereocenters. The van der Waals surface area contributed by atoms with Crippen molar-refractivity contribution in [1.29, 1.82) is 0 Å². The third-order valence-corrected chi connectivity index (χ3v) is 3.72. The molecular weight excluding hydrogens is 287 g/mol. The van der Waals surface area contributed by atoms with E-state index in [0.717, 1.165) is 25.7 Å². The minimum Gasteiger partial charge on any atom is -0.550 e. The Hall–Kier alpha value is 0.170. The van der Waals surface area contributed by atoms with Gasteiger partial charge in [0.15, 0.2) is 0 Å². The molecule has 0 radical (unpaired) electrons. The van der Waals surface area contributed by atoms with Gasteiger partial charge in [-0.05, 0) is 51.4 Å². The zero-order chi connectivity index (χ0) is 15.8. The second kappa shape index (κ2) is 19.2. The van der Waals surface area contributed by atoms with E-state index in [9.17, 15) is 15.0 Å². The van der Waals surface area contributed by atoms with Crippen LogP contribution in [0, 0.1) is 0 Å².